The average Bonchev–Trinajstić information content (AvgIpc) is 3.29. The van der Waals surface area contributed by atoms with Crippen LogP contribution in [0.1, 0.15) is 48.0 Å². The van der Waals surface area contributed by atoms with E-state index in [2.05, 4.69) is 35.4 Å². The first-order chi connectivity index (χ1) is 14.1. The smallest absolute Gasteiger partial charge is 0.175 e. The Morgan fingerprint density at radius 3 is 2.66 bits per heavy atom. The van der Waals surface area contributed by atoms with Crippen molar-refractivity contribution in [2.75, 3.05) is 6.61 Å². The molecule has 2 aromatic carbocycles. The first-order valence-corrected chi connectivity index (χ1v) is 10.5. The van der Waals surface area contributed by atoms with Crippen LogP contribution in [0.2, 0.25) is 0 Å². The van der Waals surface area contributed by atoms with Crippen LogP contribution in [0.4, 0.5) is 0 Å². The van der Waals surface area contributed by atoms with E-state index in [0.29, 0.717) is 13.2 Å². The minimum atomic E-state index is -0.444. The van der Waals surface area contributed by atoms with Crippen LogP contribution in [0.15, 0.2) is 72.9 Å². The summed E-state index contributed by atoms with van der Waals surface area (Å²) in [6.07, 6.45) is 6.55. The molecular formula is C26H29NO2. The predicted molar refractivity (Wildman–Crippen MR) is 118 cm³/mol. The molecule has 29 heavy (non-hydrogen) atoms. The summed E-state index contributed by atoms with van der Waals surface area (Å²) in [5, 5.41) is 1.04. The molecule has 1 aliphatic rings. The van der Waals surface area contributed by atoms with E-state index in [4.69, 9.17) is 4.74 Å². The van der Waals surface area contributed by atoms with Gasteiger partial charge in [-0.05, 0) is 43.7 Å². The summed E-state index contributed by atoms with van der Waals surface area (Å²) in [5.74, 6) is 0.236. The third-order valence-corrected chi connectivity index (χ3v) is 6.34. The molecule has 1 saturated carbocycles. The lowest BCUT2D eigenvalue weighted by Gasteiger charge is -2.29. The Balaban J connectivity index is 1.48. The van der Waals surface area contributed by atoms with Crippen molar-refractivity contribution in [2.45, 2.75) is 38.7 Å². The lowest BCUT2D eigenvalue weighted by Crippen LogP contribution is -2.30. The zero-order valence-electron chi connectivity index (χ0n) is 17.2. The summed E-state index contributed by atoms with van der Waals surface area (Å²) in [6.45, 7) is 5.60. The van der Waals surface area contributed by atoms with Crippen molar-refractivity contribution in [3.8, 4) is 0 Å². The van der Waals surface area contributed by atoms with Crippen LogP contribution in [0.25, 0.3) is 10.9 Å². The summed E-state index contributed by atoms with van der Waals surface area (Å²) < 4.78 is 7.93. The van der Waals surface area contributed by atoms with Crippen molar-refractivity contribution in [1.82, 2.24) is 4.57 Å². The quantitative estimate of drug-likeness (QED) is 0.266. The normalized spacial score (nSPS) is 19.1. The fraction of sp³-hybridized carbons (Fsp3) is 0.346. The number of hydrogen-bond acceptors (Lipinski definition) is 2. The molecule has 1 fully saturated rings. The highest BCUT2D eigenvalue weighted by molar-refractivity contribution is 6.12. The summed E-state index contributed by atoms with van der Waals surface area (Å²) in [7, 11) is 2.01. The molecule has 0 spiro atoms. The van der Waals surface area contributed by atoms with Gasteiger partial charge in [-0.25, -0.2) is 0 Å². The number of aryl methyl sites for hydroxylation is 1. The minimum Gasteiger partial charge on any atom is -0.377 e. The molecule has 0 unspecified atom stereocenters. The van der Waals surface area contributed by atoms with E-state index in [1.807, 2.05) is 43.6 Å². The van der Waals surface area contributed by atoms with E-state index in [-0.39, 0.29) is 5.78 Å². The van der Waals surface area contributed by atoms with E-state index < -0.39 is 5.41 Å². The van der Waals surface area contributed by atoms with Crippen LogP contribution >= 0.6 is 0 Å². The number of carbonyl (C=O) groups is 1. The predicted octanol–water partition coefficient (Wildman–Crippen LogP) is 6.08. The molecule has 0 amide bonds. The molecule has 0 aliphatic heterocycles. The molecule has 0 radical (unpaired) electrons. The van der Waals surface area contributed by atoms with E-state index >= 15 is 0 Å². The van der Waals surface area contributed by atoms with Gasteiger partial charge in [0.25, 0.3) is 0 Å². The number of fused-ring (bicyclic) bond motifs is 1. The van der Waals surface area contributed by atoms with Crippen molar-refractivity contribution in [3.05, 3.63) is 84.1 Å². The van der Waals surface area contributed by atoms with E-state index in [1.165, 1.54) is 5.56 Å². The van der Waals surface area contributed by atoms with Gasteiger partial charge in [-0.1, -0.05) is 60.7 Å². The topological polar surface area (TPSA) is 31.2 Å². The van der Waals surface area contributed by atoms with Crippen LogP contribution in [-0.4, -0.2) is 17.0 Å². The molecule has 1 atom stereocenters. The molecule has 1 heterocycles. The number of allylic oxidation sites excluding steroid dienone is 1. The van der Waals surface area contributed by atoms with Gasteiger partial charge in [-0.3, -0.25) is 4.79 Å². The summed E-state index contributed by atoms with van der Waals surface area (Å²) in [4.78, 5) is 13.8. The van der Waals surface area contributed by atoms with Crippen LogP contribution in [0.3, 0.4) is 0 Å². The van der Waals surface area contributed by atoms with Crippen LogP contribution < -0.4 is 0 Å². The molecule has 0 saturated heterocycles. The molecule has 150 valence electrons. The van der Waals surface area contributed by atoms with E-state index in [9.17, 15) is 4.79 Å². The van der Waals surface area contributed by atoms with Crippen molar-refractivity contribution in [3.63, 3.8) is 0 Å². The highest BCUT2D eigenvalue weighted by Gasteiger charge is 2.44. The second-order valence-electron chi connectivity index (χ2n) is 8.18. The Morgan fingerprint density at radius 1 is 1.14 bits per heavy atom. The number of Topliss-reactive ketones (excluding diaryl/α,β-unsaturated/α-hetero) is 1. The zero-order valence-corrected chi connectivity index (χ0v) is 17.2. The second-order valence-corrected chi connectivity index (χ2v) is 8.18. The number of aromatic nitrogens is 1. The fourth-order valence-corrected chi connectivity index (χ4v) is 4.73. The van der Waals surface area contributed by atoms with Crippen LogP contribution in [0.5, 0.6) is 0 Å². The average molecular weight is 388 g/mol. The summed E-state index contributed by atoms with van der Waals surface area (Å²) in [5.41, 5.74) is 3.76. The third kappa shape index (κ3) is 3.79. The minimum absolute atomic E-state index is 0.236. The maximum atomic E-state index is 13.8. The number of hydrogen-bond donors (Lipinski definition) is 0. The molecule has 3 nitrogen and oxygen atoms in total. The van der Waals surface area contributed by atoms with Gasteiger partial charge in [0.1, 0.15) is 0 Å². The van der Waals surface area contributed by atoms with Crippen LogP contribution in [-0.2, 0) is 18.4 Å². The lowest BCUT2D eigenvalue weighted by atomic mass is 9.73. The molecule has 4 rings (SSSR count). The van der Waals surface area contributed by atoms with Gasteiger partial charge in [0.05, 0.1) is 12.0 Å². The molecular weight excluding hydrogens is 358 g/mol. The summed E-state index contributed by atoms with van der Waals surface area (Å²) >= 11 is 0. The Bertz CT molecular complexity index is 1020. The van der Waals surface area contributed by atoms with Crippen LogP contribution in [0, 0.1) is 5.41 Å². The monoisotopic (exact) mass is 387 g/mol. The van der Waals surface area contributed by atoms with Gasteiger partial charge < -0.3 is 9.30 Å². The Morgan fingerprint density at radius 2 is 1.90 bits per heavy atom. The fourth-order valence-electron chi connectivity index (χ4n) is 4.73. The highest BCUT2D eigenvalue weighted by atomic mass is 16.5. The Hall–Kier alpha value is -2.65. The van der Waals surface area contributed by atoms with Crippen molar-refractivity contribution < 1.29 is 9.53 Å². The Labute approximate surface area is 173 Å². The molecule has 1 aliphatic carbocycles. The zero-order chi connectivity index (χ0) is 20.3. The standard InChI is InChI=1S/C26H29NO2/c1-20-10-8-15-26(20,16-9-17-29-19-21-11-4-3-5-12-21)25(28)23-18-27(2)24-14-7-6-13-22(23)24/h3-7,11-14,18H,1,8-10,15-17,19H2,2H3/t26-/m0/s1. The maximum Gasteiger partial charge on any atom is 0.175 e. The van der Waals surface area contributed by atoms with Gasteiger partial charge in [-0.2, -0.15) is 0 Å². The number of rotatable bonds is 8. The number of ether oxygens (including phenoxy) is 1. The second kappa shape index (κ2) is 8.38. The highest BCUT2D eigenvalue weighted by Crippen LogP contribution is 2.48. The van der Waals surface area contributed by atoms with Gasteiger partial charge in [0, 0.05) is 36.3 Å². The maximum absolute atomic E-state index is 13.8. The van der Waals surface area contributed by atoms with Crippen molar-refractivity contribution in [1.29, 1.82) is 0 Å². The van der Waals surface area contributed by atoms with Gasteiger partial charge >= 0.3 is 0 Å². The molecule has 1 aromatic heterocycles. The number of benzene rings is 2. The van der Waals surface area contributed by atoms with Crippen molar-refractivity contribution >= 4 is 16.7 Å². The third-order valence-electron chi connectivity index (χ3n) is 6.34. The number of ketones is 1. The van der Waals surface area contributed by atoms with Gasteiger partial charge in [0.2, 0.25) is 0 Å². The largest absolute Gasteiger partial charge is 0.377 e. The summed E-state index contributed by atoms with van der Waals surface area (Å²) in [6, 6.07) is 18.4. The SMILES string of the molecule is C=C1CCC[C@@]1(CCCOCc1ccccc1)C(=O)c1cn(C)c2ccccc12. The molecule has 3 heteroatoms. The van der Waals surface area contributed by atoms with Crippen molar-refractivity contribution in [2.24, 2.45) is 12.5 Å². The van der Waals surface area contributed by atoms with Gasteiger partial charge in [0.15, 0.2) is 5.78 Å². The molecule has 3 aromatic rings. The van der Waals surface area contributed by atoms with E-state index in [0.717, 1.165) is 54.1 Å². The number of carbonyl (C=O) groups excluding carboxylic acids is 1. The first-order valence-electron chi connectivity index (χ1n) is 10.5. The van der Waals surface area contributed by atoms with E-state index in [1.54, 1.807) is 0 Å². The molecule has 0 N–H and O–H groups in total. The van der Waals surface area contributed by atoms with Gasteiger partial charge in [-0.15, -0.1) is 0 Å². The Kier molecular flexibility index (Phi) is 5.68. The number of para-hydroxylation sites is 1. The molecule has 0 bridgehead atoms. The first kappa shape index (κ1) is 19.7. The number of nitrogens with zero attached hydrogens (tertiary/aromatic N) is 1. The lowest BCUT2D eigenvalue weighted by molar-refractivity contribution is 0.0785.